The Balaban J connectivity index is 1.60. The molecule has 0 bridgehead atoms. The highest BCUT2D eigenvalue weighted by molar-refractivity contribution is 7.18. The highest BCUT2D eigenvalue weighted by Crippen LogP contribution is 2.34. The molecule has 3 aromatic rings. The topological polar surface area (TPSA) is 58.4 Å². The van der Waals surface area contributed by atoms with Crippen molar-refractivity contribution in [2.45, 2.75) is 57.7 Å². The lowest BCUT2D eigenvalue weighted by atomic mass is 9.97. The number of hydrogen-bond acceptors (Lipinski definition) is 5. The lowest BCUT2D eigenvalue weighted by Gasteiger charge is -2.20. The van der Waals surface area contributed by atoms with Crippen molar-refractivity contribution in [3.8, 4) is 0 Å². The summed E-state index contributed by atoms with van der Waals surface area (Å²) in [5, 5.41) is 11.5. The van der Waals surface area contributed by atoms with E-state index in [0.29, 0.717) is 17.8 Å². The number of aromatic nitrogens is 2. The quantitative estimate of drug-likeness (QED) is 0.673. The second kappa shape index (κ2) is 8.21. The Morgan fingerprint density at radius 1 is 1.13 bits per heavy atom. The molecule has 1 saturated heterocycles. The van der Waals surface area contributed by atoms with Gasteiger partial charge in [0, 0.05) is 10.4 Å². The summed E-state index contributed by atoms with van der Waals surface area (Å²) < 4.78 is 15.8. The number of nitrogens with zero attached hydrogens (tertiary/aromatic N) is 3. The standard InChI is InChI=1S/C23H26FN3O2S/c24-17-9-3-1-7-15(17)18(28)13-27-20(14-26-11-5-6-12-26)25-22-21(23(27)29)16-8-2-4-10-19(16)30-22/h1,3,7,9,18,28H,2,4-6,8,10-14H2. The molecular weight excluding hydrogens is 401 g/mol. The molecule has 0 saturated carbocycles. The Kier molecular flexibility index (Phi) is 5.43. The third-order valence-corrected chi connectivity index (χ3v) is 7.52. The molecule has 0 radical (unpaired) electrons. The normalized spacial score (nSPS) is 18.1. The van der Waals surface area contributed by atoms with Gasteiger partial charge < -0.3 is 5.11 Å². The van der Waals surface area contributed by atoms with Crippen LogP contribution in [0.5, 0.6) is 0 Å². The molecule has 1 unspecified atom stereocenters. The number of aliphatic hydroxyl groups is 1. The van der Waals surface area contributed by atoms with Gasteiger partial charge in [0.1, 0.15) is 16.5 Å². The third kappa shape index (κ3) is 3.59. The summed E-state index contributed by atoms with van der Waals surface area (Å²) >= 11 is 1.65. The van der Waals surface area contributed by atoms with E-state index in [0.717, 1.165) is 62.0 Å². The molecule has 5 rings (SSSR count). The second-order valence-electron chi connectivity index (χ2n) is 8.36. The fraction of sp³-hybridized carbons (Fsp3) is 0.478. The Bertz CT molecular complexity index is 1130. The summed E-state index contributed by atoms with van der Waals surface area (Å²) in [6.07, 6.45) is 5.36. The zero-order chi connectivity index (χ0) is 20.7. The number of aliphatic hydroxyl groups excluding tert-OH is 1. The van der Waals surface area contributed by atoms with E-state index in [-0.39, 0.29) is 17.7 Å². The summed E-state index contributed by atoms with van der Waals surface area (Å²) in [6, 6.07) is 6.21. The molecule has 1 fully saturated rings. The van der Waals surface area contributed by atoms with Gasteiger partial charge in [0.15, 0.2) is 0 Å². The molecule has 2 aliphatic rings. The maximum atomic E-state index is 14.2. The van der Waals surface area contributed by atoms with Gasteiger partial charge in [-0.3, -0.25) is 14.3 Å². The van der Waals surface area contributed by atoms with Crippen molar-refractivity contribution in [2.75, 3.05) is 13.1 Å². The van der Waals surface area contributed by atoms with Gasteiger partial charge in [0.25, 0.3) is 5.56 Å². The number of benzene rings is 1. The summed E-state index contributed by atoms with van der Waals surface area (Å²) in [7, 11) is 0. The molecule has 2 aromatic heterocycles. The fourth-order valence-corrected chi connectivity index (χ4v) is 6.02. The van der Waals surface area contributed by atoms with E-state index in [2.05, 4.69) is 4.90 Å². The summed E-state index contributed by atoms with van der Waals surface area (Å²) in [5.41, 5.74) is 1.26. The third-order valence-electron chi connectivity index (χ3n) is 6.34. The van der Waals surface area contributed by atoms with Gasteiger partial charge in [0.2, 0.25) is 0 Å². The number of aryl methyl sites for hydroxylation is 2. The highest BCUT2D eigenvalue weighted by atomic mass is 32.1. The van der Waals surface area contributed by atoms with Crippen LogP contribution in [0.15, 0.2) is 29.1 Å². The maximum Gasteiger partial charge on any atom is 0.262 e. The van der Waals surface area contributed by atoms with Crippen molar-refractivity contribution in [2.24, 2.45) is 0 Å². The van der Waals surface area contributed by atoms with Crippen molar-refractivity contribution in [1.29, 1.82) is 0 Å². The predicted octanol–water partition coefficient (Wildman–Crippen LogP) is 3.81. The van der Waals surface area contributed by atoms with Gasteiger partial charge in [-0.05, 0) is 63.2 Å². The summed E-state index contributed by atoms with van der Waals surface area (Å²) in [4.78, 5) is 22.9. The van der Waals surface area contributed by atoms with Crippen LogP contribution in [0.4, 0.5) is 4.39 Å². The second-order valence-corrected chi connectivity index (χ2v) is 9.44. The molecule has 3 heterocycles. The molecule has 30 heavy (non-hydrogen) atoms. The molecule has 7 heteroatoms. The van der Waals surface area contributed by atoms with Crippen molar-refractivity contribution >= 4 is 21.6 Å². The highest BCUT2D eigenvalue weighted by Gasteiger charge is 2.25. The Morgan fingerprint density at radius 3 is 2.70 bits per heavy atom. The average Bonchev–Trinajstić information content (AvgIpc) is 3.38. The molecule has 1 aliphatic carbocycles. The summed E-state index contributed by atoms with van der Waals surface area (Å²) in [6.45, 7) is 2.57. The number of halogens is 1. The van der Waals surface area contributed by atoms with Gasteiger partial charge in [0.05, 0.1) is 24.6 Å². The molecule has 0 spiro atoms. The average molecular weight is 428 g/mol. The zero-order valence-electron chi connectivity index (χ0n) is 16.9. The lowest BCUT2D eigenvalue weighted by Crippen LogP contribution is -2.32. The maximum absolute atomic E-state index is 14.2. The molecule has 1 atom stereocenters. The Labute approximate surface area is 178 Å². The molecule has 0 amide bonds. The van der Waals surface area contributed by atoms with Crippen LogP contribution in [0.1, 0.15) is 53.6 Å². The largest absolute Gasteiger partial charge is 0.386 e. The number of thiophene rings is 1. The van der Waals surface area contributed by atoms with E-state index in [1.165, 1.54) is 10.9 Å². The van der Waals surface area contributed by atoms with Crippen molar-refractivity contribution in [3.05, 3.63) is 62.3 Å². The van der Waals surface area contributed by atoms with Gasteiger partial charge >= 0.3 is 0 Å². The monoisotopic (exact) mass is 427 g/mol. The first kappa shape index (κ1) is 19.8. The van der Waals surface area contributed by atoms with E-state index in [1.54, 1.807) is 34.1 Å². The van der Waals surface area contributed by atoms with Crippen molar-refractivity contribution in [1.82, 2.24) is 14.5 Å². The molecule has 5 nitrogen and oxygen atoms in total. The van der Waals surface area contributed by atoms with Gasteiger partial charge in [-0.2, -0.15) is 0 Å². The van der Waals surface area contributed by atoms with Gasteiger partial charge in [-0.1, -0.05) is 18.2 Å². The zero-order valence-corrected chi connectivity index (χ0v) is 17.8. The number of likely N-dealkylation sites (tertiary alicyclic amines) is 1. The predicted molar refractivity (Wildman–Crippen MR) is 116 cm³/mol. The minimum absolute atomic E-state index is 0.0104. The first-order valence-corrected chi connectivity index (χ1v) is 11.6. The number of hydrogen-bond donors (Lipinski definition) is 1. The Morgan fingerprint density at radius 2 is 1.90 bits per heavy atom. The van der Waals surface area contributed by atoms with Gasteiger partial charge in [-0.15, -0.1) is 11.3 Å². The lowest BCUT2D eigenvalue weighted by molar-refractivity contribution is 0.147. The Hall–Kier alpha value is -2.09. The molecule has 1 N–H and O–H groups in total. The van der Waals surface area contributed by atoms with E-state index in [1.807, 2.05) is 0 Å². The van der Waals surface area contributed by atoms with Crippen molar-refractivity contribution in [3.63, 3.8) is 0 Å². The fourth-order valence-electron chi connectivity index (χ4n) is 4.75. The smallest absolute Gasteiger partial charge is 0.262 e. The first-order valence-electron chi connectivity index (χ1n) is 10.8. The van der Waals surface area contributed by atoms with E-state index >= 15 is 0 Å². The first-order chi connectivity index (χ1) is 14.6. The number of rotatable bonds is 5. The van der Waals surface area contributed by atoms with Crippen LogP contribution in [0.2, 0.25) is 0 Å². The summed E-state index contributed by atoms with van der Waals surface area (Å²) in [5.74, 6) is 0.212. The molecule has 1 aliphatic heterocycles. The SMILES string of the molecule is O=c1c2c3c(sc2nc(CN2CCCC2)n1CC(O)c1ccccc1F)CCCC3. The van der Waals surface area contributed by atoms with Crippen LogP contribution in [-0.4, -0.2) is 32.6 Å². The van der Waals surface area contributed by atoms with Gasteiger partial charge in [-0.25, -0.2) is 9.37 Å². The number of fused-ring (bicyclic) bond motifs is 3. The van der Waals surface area contributed by atoms with Crippen LogP contribution in [0.25, 0.3) is 10.2 Å². The van der Waals surface area contributed by atoms with Crippen molar-refractivity contribution < 1.29 is 9.50 Å². The van der Waals surface area contributed by atoms with E-state index in [4.69, 9.17) is 4.98 Å². The van der Waals surface area contributed by atoms with Crippen LogP contribution in [0, 0.1) is 5.82 Å². The minimum Gasteiger partial charge on any atom is -0.386 e. The van der Waals surface area contributed by atoms with Crippen LogP contribution in [0.3, 0.4) is 0 Å². The van der Waals surface area contributed by atoms with Crippen LogP contribution < -0.4 is 5.56 Å². The molecular formula is C23H26FN3O2S. The van der Waals surface area contributed by atoms with E-state index < -0.39 is 11.9 Å². The van der Waals surface area contributed by atoms with E-state index in [9.17, 15) is 14.3 Å². The van der Waals surface area contributed by atoms with Crippen LogP contribution in [-0.2, 0) is 25.9 Å². The van der Waals surface area contributed by atoms with Crippen LogP contribution >= 0.6 is 11.3 Å². The molecule has 158 valence electrons. The minimum atomic E-state index is -1.10. The molecule has 1 aromatic carbocycles.